The minimum atomic E-state index is 0.681. The van der Waals surface area contributed by atoms with E-state index in [1.54, 1.807) is 0 Å². The van der Waals surface area contributed by atoms with Crippen molar-refractivity contribution in [2.24, 2.45) is 0 Å². The first-order valence-corrected chi connectivity index (χ1v) is 7.87. The maximum absolute atomic E-state index is 6.28. The lowest BCUT2D eigenvalue weighted by atomic mass is 9.98. The van der Waals surface area contributed by atoms with Gasteiger partial charge in [0.2, 0.25) is 0 Å². The zero-order valence-electron chi connectivity index (χ0n) is 10.3. The van der Waals surface area contributed by atoms with Gasteiger partial charge in [-0.1, -0.05) is 40.5 Å². The molecule has 17 heavy (non-hydrogen) atoms. The number of hydrogen-bond acceptors (Lipinski definition) is 1. The van der Waals surface area contributed by atoms with Gasteiger partial charge in [-0.2, -0.15) is 0 Å². The summed E-state index contributed by atoms with van der Waals surface area (Å²) in [5.41, 5.74) is 2.55. The van der Waals surface area contributed by atoms with Crippen LogP contribution in [0.15, 0.2) is 18.2 Å². The smallest absolute Gasteiger partial charge is 0.0467 e. The summed E-state index contributed by atoms with van der Waals surface area (Å²) in [6, 6.07) is 6.92. The number of rotatable bonds is 3. The Labute approximate surface area is 117 Å². The number of halogens is 2. The van der Waals surface area contributed by atoms with Crippen LogP contribution in [0.2, 0.25) is 5.02 Å². The summed E-state index contributed by atoms with van der Waals surface area (Å²) in [5, 5.41) is 1.70. The van der Waals surface area contributed by atoms with Gasteiger partial charge in [0.15, 0.2) is 0 Å². The van der Waals surface area contributed by atoms with Crippen molar-refractivity contribution >= 4 is 33.2 Å². The van der Waals surface area contributed by atoms with Gasteiger partial charge < -0.3 is 4.90 Å². The van der Waals surface area contributed by atoms with E-state index in [0.717, 1.165) is 10.4 Å². The molecule has 0 aliphatic carbocycles. The van der Waals surface area contributed by atoms with Crippen molar-refractivity contribution < 1.29 is 0 Å². The van der Waals surface area contributed by atoms with E-state index in [2.05, 4.69) is 39.9 Å². The molecule has 1 heterocycles. The zero-order chi connectivity index (χ0) is 12.3. The second kappa shape index (κ2) is 6.10. The summed E-state index contributed by atoms with van der Waals surface area (Å²) in [7, 11) is 0. The Morgan fingerprint density at radius 2 is 2.24 bits per heavy atom. The molecule has 1 nitrogen and oxygen atoms in total. The average molecular weight is 317 g/mol. The molecule has 0 saturated carbocycles. The van der Waals surface area contributed by atoms with Gasteiger partial charge in [0.05, 0.1) is 0 Å². The van der Waals surface area contributed by atoms with Crippen LogP contribution < -0.4 is 4.90 Å². The standard InChI is InChI=1S/C14H19BrClN/c1-2-11-6-3-4-9-17(11)14-8-5-7-13(16)12(14)10-15/h5,7-8,11H,2-4,6,9-10H2,1H3. The Morgan fingerprint density at radius 1 is 1.41 bits per heavy atom. The molecule has 1 aliphatic heterocycles. The summed E-state index contributed by atoms with van der Waals surface area (Å²) in [5.74, 6) is 0. The van der Waals surface area contributed by atoms with E-state index in [9.17, 15) is 0 Å². The molecule has 0 N–H and O–H groups in total. The van der Waals surface area contributed by atoms with Gasteiger partial charge in [-0.15, -0.1) is 0 Å². The van der Waals surface area contributed by atoms with Gasteiger partial charge >= 0.3 is 0 Å². The Bertz CT molecular complexity index is 380. The number of hydrogen-bond donors (Lipinski definition) is 0. The monoisotopic (exact) mass is 315 g/mol. The maximum Gasteiger partial charge on any atom is 0.0467 e. The van der Waals surface area contributed by atoms with Crippen LogP contribution >= 0.6 is 27.5 Å². The Hall–Kier alpha value is -0.210. The molecule has 1 unspecified atom stereocenters. The molecule has 1 saturated heterocycles. The molecule has 94 valence electrons. The fourth-order valence-electron chi connectivity index (χ4n) is 2.69. The predicted octanol–water partition coefficient (Wildman–Crippen LogP) is 5.00. The molecule has 3 heteroatoms. The maximum atomic E-state index is 6.28. The fourth-order valence-corrected chi connectivity index (χ4v) is 3.68. The highest BCUT2D eigenvalue weighted by Crippen LogP contribution is 2.34. The molecule has 1 aromatic carbocycles. The Kier molecular flexibility index (Phi) is 4.75. The summed E-state index contributed by atoms with van der Waals surface area (Å²) in [6.07, 6.45) is 5.18. The molecule has 1 atom stereocenters. The predicted molar refractivity (Wildman–Crippen MR) is 79.4 cm³/mol. The summed E-state index contributed by atoms with van der Waals surface area (Å²) >= 11 is 9.84. The molecule has 1 aromatic rings. The molecule has 1 fully saturated rings. The van der Waals surface area contributed by atoms with Gasteiger partial charge in [-0.3, -0.25) is 0 Å². The minimum Gasteiger partial charge on any atom is -0.368 e. The number of anilines is 1. The lowest BCUT2D eigenvalue weighted by Crippen LogP contribution is -2.39. The molecule has 0 bridgehead atoms. The third kappa shape index (κ3) is 2.79. The first-order valence-electron chi connectivity index (χ1n) is 6.38. The van der Waals surface area contributed by atoms with Crippen molar-refractivity contribution in [1.82, 2.24) is 0 Å². The van der Waals surface area contributed by atoms with Crippen molar-refractivity contribution in [2.45, 2.75) is 44.0 Å². The fraction of sp³-hybridized carbons (Fsp3) is 0.571. The largest absolute Gasteiger partial charge is 0.368 e. The SMILES string of the molecule is CCC1CCCCN1c1cccc(Cl)c1CBr. The summed E-state index contributed by atoms with van der Waals surface area (Å²) in [6.45, 7) is 3.44. The number of nitrogens with zero attached hydrogens (tertiary/aromatic N) is 1. The normalized spacial score (nSPS) is 20.6. The molecule has 1 aliphatic rings. The van der Waals surface area contributed by atoms with E-state index < -0.39 is 0 Å². The first kappa shape index (κ1) is 13.2. The van der Waals surface area contributed by atoms with Crippen molar-refractivity contribution in [1.29, 1.82) is 0 Å². The van der Waals surface area contributed by atoms with Gasteiger partial charge in [-0.05, 0) is 37.8 Å². The molecule has 2 rings (SSSR count). The van der Waals surface area contributed by atoms with E-state index >= 15 is 0 Å². The van der Waals surface area contributed by atoms with Crippen LogP contribution in [0.25, 0.3) is 0 Å². The Morgan fingerprint density at radius 3 is 2.94 bits per heavy atom. The molecule has 0 spiro atoms. The van der Waals surface area contributed by atoms with Crippen molar-refractivity contribution in [2.75, 3.05) is 11.4 Å². The third-order valence-corrected chi connectivity index (χ3v) is 4.55. The van der Waals surface area contributed by atoms with Crippen LogP contribution in [0.4, 0.5) is 5.69 Å². The van der Waals surface area contributed by atoms with Crippen molar-refractivity contribution in [3.8, 4) is 0 Å². The highest BCUT2D eigenvalue weighted by Gasteiger charge is 2.23. The molecule has 0 radical (unpaired) electrons. The summed E-state index contributed by atoms with van der Waals surface area (Å²) in [4.78, 5) is 2.55. The quantitative estimate of drug-likeness (QED) is 0.709. The second-order valence-electron chi connectivity index (χ2n) is 4.62. The van der Waals surface area contributed by atoms with Gasteiger partial charge in [0.25, 0.3) is 0 Å². The van der Waals surface area contributed by atoms with E-state index in [1.165, 1.54) is 43.5 Å². The third-order valence-electron chi connectivity index (χ3n) is 3.64. The van der Waals surface area contributed by atoms with Crippen LogP contribution in [0.1, 0.15) is 38.2 Å². The van der Waals surface area contributed by atoms with E-state index in [1.807, 2.05) is 6.07 Å². The van der Waals surface area contributed by atoms with Crippen LogP contribution in [0, 0.1) is 0 Å². The van der Waals surface area contributed by atoms with E-state index in [0.29, 0.717) is 6.04 Å². The first-order chi connectivity index (χ1) is 8.27. The topological polar surface area (TPSA) is 3.24 Å². The summed E-state index contributed by atoms with van der Waals surface area (Å²) < 4.78 is 0. The number of piperidine rings is 1. The lowest BCUT2D eigenvalue weighted by Gasteiger charge is -2.38. The van der Waals surface area contributed by atoms with E-state index in [-0.39, 0.29) is 0 Å². The minimum absolute atomic E-state index is 0.681. The van der Waals surface area contributed by atoms with Gasteiger partial charge in [0.1, 0.15) is 0 Å². The second-order valence-corrected chi connectivity index (χ2v) is 5.59. The average Bonchev–Trinajstić information content (AvgIpc) is 2.38. The van der Waals surface area contributed by atoms with Gasteiger partial charge in [-0.25, -0.2) is 0 Å². The molecular weight excluding hydrogens is 298 g/mol. The van der Waals surface area contributed by atoms with Crippen molar-refractivity contribution in [3.63, 3.8) is 0 Å². The van der Waals surface area contributed by atoms with Crippen LogP contribution in [-0.2, 0) is 5.33 Å². The van der Waals surface area contributed by atoms with Crippen molar-refractivity contribution in [3.05, 3.63) is 28.8 Å². The number of benzene rings is 1. The van der Waals surface area contributed by atoms with Crippen LogP contribution in [-0.4, -0.2) is 12.6 Å². The molecular formula is C14H19BrClN. The van der Waals surface area contributed by atoms with E-state index in [4.69, 9.17) is 11.6 Å². The van der Waals surface area contributed by atoms with Crippen LogP contribution in [0.5, 0.6) is 0 Å². The Balaban J connectivity index is 2.34. The van der Waals surface area contributed by atoms with Gasteiger partial charge in [0, 0.05) is 34.2 Å². The number of alkyl halides is 1. The van der Waals surface area contributed by atoms with Crippen LogP contribution in [0.3, 0.4) is 0 Å². The zero-order valence-corrected chi connectivity index (χ0v) is 12.6. The highest BCUT2D eigenvalue weighted by atomic mass is 79.9. The highest BCUT2D eigenvalue weighted by molar-refractivity contribution is 9.08. The molecule has 0 aromatic heterocycles. The molecule has 0 amide bonds. The lowest BCUT2D eigenvalue weighted by molar-refractivity contribution is 0.449.